The van der Waals surface area contributed by atoms with Gasteiger partial charge in [-0.1, -0.05) is 0 Å². The van der Waals surface area contributed by atoms with Crippen LogP contribution in [0.5, 0.6) is 0 Å². The zero-order valence-electron chi connectivity index (χ0n) is 13.3. The van der Waals surface area contributed by atoms with Gasteiger partial charge in [0.05, 0.1) is 5.69 Å². The summed E-state index contributed by atoms with van der Waals surface area (Å²) in [5, 5.41) is 5.15. The van der Waals surface area contributed by atoms with E-state index in [1.54, 1.807) is 13.2 Å². The predicted octanol–water partition coefficient (Wildman–Crippen LogP) is 2.50. The van der Waals surface area contributed by atoms with Crippen molar-refractivity contribution in [2.24, 2.45) is 7.05 Å². The molecule has 0 fully saturated rings. The highest BCUT2D eigenvalue weighted by molar-refractivity contribution is 6.06. The molecular weight excluding hydrogens is 313 g/mol. The van der Waals surface area contributed by atoms with E-state index >= 15 is 0 Å². The lowest BCUT2D eigenvalue weighted by Crippen LogP contribution is -2.21. The number of ketones is 1. The van der Waals surface area contributed by atoms with Gasteiger partial charge in [-0.2, -0.15) is 0 Å². The number of fused-ring (bicyclic) bond motifs is 1. The number of benzene rings is 1. The topological polar surface area (TPSA) is 80.2 Å². The van der Waals surface area contributed by atoms with E-state index in [0.717, 1.165) is 0 Å². The van der Waals surface area contributed by atoms with Gasteiger partial charge in [0.1, 0.15) is 11.5 Å². The van der Waals surface area contributed by atoms with Gasteiger partial charge < -0.3 is 15.2 Å². The molecule has 1 aliphatic rings. The average molecular weight is 329 g/mol. The highest BCUT2D eigenvalue weighted by Gasteiger charge is 2.20. The molecule has 0 aliphatic carbocycles. The van der Waals surface area contributed by atoms with Crippen molar-refractivity contribution in [2.45, 2.75) is 19.8 Å². The van der Waals surface area contributed by atoms with Gasteiger partial charge in [0.25, 0.3) is 5.91 Å². The number of hydrogen-bond donors (Lipinski definition) is 2. The van der Waals surface area contributed by atoms with E-state index in [0.29, 0.717) is 29.7 Å². The standard InChI is InChI=1S/C17H16FN3O3/c1-9(22)11-6-15(21(2)8-11)17(24)20-14-7-13-10(5-12(14)18)3-4-16(23)19-13/h5-8H,3-4H2,1-2H3,(H,19,23)(H,20,24). The highest BCUT2D eigenvalue weighted by Crippen LogP contribution is 2.29. The lowest BCUT2D eigenvalue weighted by atomic mass is 10.0. The van der Waals surface area contributed by atoms with Crippen LogP contribution in [0.25, 0.3) is 0 Å². The third kappa shape index (κ3) is 2.92. The van der Waals surface area contributed by atoms with Crippen molar-refractivity contribution in [2.75, 3.05) is 10.6 Å². The second-order valence-electron chi connectivity index (χ2n) is 5.77. The summed E-state index contributed by atoms with van der Waals surface area (Å²) in [5.74, 6) is -1.41. The van der Waals surface area contributed by atoms with E-state index in [1.807, 2.05) is 0 Å². The van der Waals surface area contributed by atoms with E-state index < -0.39 is 11.7 Å². The number of Topliss-reactive ketones (excluding diaryl/α,β-unsaturated/α-hetero) is 1. The van der Waals surface area contributed by atoms with E-state index in [9.17, 15) is 18.8 Å². The van der Waals surface area contributed by atoms with Crippen molar-refractivity contribution in [3.8, 4) is 0 Å². The van der Waals surface area contributed by atoms with Crippen molar-refractivity contribution in [3.05, 3.63) is 47.0 Å². The van der Waals surface area contributed by atoms with E-state index in [2.05, 4.69) is 10.6 Å². The number of aryl methyl sites for hydroxylation is 2. The average Bonchev–Trinajstić information content (AvgIpc) is 2.91. The Balaban J connectivity index is 1.88. The van der Waals surface area contributed by atoms with Crippen LogP contribution < -0.4 is 10.6 Å². The molecule has 2 aromatic rings. The highest BCUT2D eigenvalue weighted by atomic mass is 19.1. The fraction of sp³-hybridized carbons (Fsp3) is 0.235. The Kier molecular flexibility index (Phi) is 3.92. The summed E-state index contributed by atoms with van der Waals surface area (Å²) in [6.45, 7) is 1.41. The molecule has 124 valence electrons. The quantitative estimate of drug-likeness (QED) is 0.849. The van der Waals surface area contributed by atoms with Gasteiger partial charge in [-0.3, -0.25) is 14.4 Å². The Morgan fingerprint density at radius 3 is 2.67 bits per heavy atom. The number of hydrogen-bond acceptors (Lipinski definition) is 3. The largest absolute Gasteiger partial charge is 0.346 e. The van der Waals surface area contributed by atoms with Crippen LogP contribution >= 0.6 is 0 Å². The summed E-state index contributed by atoms with van der Waals surface area (Å²) < 4.78 is 15.7. The number of nitrogens with zero attached hydrogens (tertiary/aromatic N) is 1. The minimum absolute atomic E-state index is 0.0217. The maximum atomic E-state index is 14.2. The molecule has 3 rings (SSSR count). The number of amides is 2. The lowest BCUT2D eigenvalue weighted by Gasteiger charge is -2.18. The summed E-state index contributed by atoms with van der Waals surface area (Å²) in [5.41, 5.74) is 1.82. The van der Waals surface area contributed by atoms with Gasteiger partial charge in [-0.15, -0.1) is 0 Å². The molecule has 1 aliphatic heterocycles. The SMILES string of the molecule is CC(=O)c1cc(C(=O)Nc2cc3c(cc2F)CCC(=O)N3)n(C)c1. The minimum Gasteiger partial charge on any atom is -0.346 e. The first kappa shape index (κ1) is 15.9. The molecular formula is C17H16FN3O3. The van der Waals surface area contributed by atoms with Gasteiger partial charge >= 0.3 is 0 Å². The summed E-state index contributed by atoms with van der Waals surface area (Å²) in [6, 6.07) is 4.18. The Hall–Kier alpha value is -2.96. The Morgan fingerprint density at radius 1 is 1.25 bits per heavy atom. The second-order valence-corrected chi connectivity index (χ2v) is 5.77. The molecule has 1 aromatic carbocycles. The zero-order chi connectivity index (χ0) is 17.4. The Bertz CT molecular complexity index is 870. The van der Waals surface area contributed by atoms with Crippen LogP contribution in [-0.2, 0) is 18.3 Å². The first-order valence-electron chi connectivity index (χ1n) is 7.46. The van der Waals surface area contributed by atoms with Gasteiger partial charge in [0.15, 0.2) is 5.78 Å². The van der Waals surface area contributed by atoms with E-state index in [-0.39, 0.29) is 23.1 Å². The molecule has 0 radical (unpaired) electrons. The Morgan fingerprint density at radius 2 is 2.00 bits per heavy atom. The van der Waals surface area contributed by atoms with Crippen molar-refractivity contribution >= 4 is 29.0 Å². The third-order valence-electron chi connectivity index (χ3n) is 3.98. The molecule has 0 atom stereocenters. The molecule has 0 bridgehead atoms. The molecule has 6 nitrogen and oxygen atoms in total. The van der Waals surface area contributed by atoms with Crippen molar-refractivity contribution in [3.63, 3.8) is 0 Å². The van der Waals surface area contributed by atoms with Crippen LogP contribution in [-0.4, -0.2) is 22.2 Å². The maximum absolute atomic E-state index is 14.2. The lowest BCUT2D eigenvalue weighted by molar-refractivity contribution is -0.116. The first-order chi connectivity index (χ1) is 11.3. The van der Waals surface area contributed by atoms with E-state index in [4.69, 9.17) is 0 Å². The molecule has 0 saturated carbocycles. The number of carbonyl (C=O) groups excluding carboxylic acids is 3. The van der Waals surface area contributed by atoms with Crippen LogP contribution in [0, 0.1) is 5.82 Å². The molecule has 0 unspecified atom stereocenters. The summed E-state index contributed by atoms with van der Waals surface area (Å²) in [4.78, 5) is 35.2. The maximum Gasteiger partial charge on any atom is 0.272 e. The summed E-state index contributed by atoms with van der Waals surface area (Å²) >= 11 is 0. The van der Waals surface area contributed by atoms with Gasteiger partial charge in [0.2, 0.25) is 5.91 Å². The molecule has 0 spiro atoms. The van der Waals surface area contributed by atoms with E-state index in [1.165, 1.54) is 29.7 Å². The van der Waals surface area contributed by atoms with Crippen LogP contribution in [0.1, 0.15) is 39.8 Å². The number of halogens is 1. The van der Waals surface area contributed by atoms with Gasteiger partial charge in [-0.05, 0) is 37.1 Å². The van der Waals surface area contributed by atoms with Crippen molar-refractivity contribution in [1.82, 2.24) is 4.57 Å². The normalized spacial score (nSPS) is 13.2. The number of nitrogens with one attached hydrogen (secondary N) is 2. The minimum atomic E-state index is -0.570. The van der Waals surface area contributed by atoms with Crippen LogP contribution in [0.4, 0.5) is 15.8 Å². The molecule has 2 amide bonds. The molecule has 24 heavy (non-hydrogen) atoms. The van der Waals surface area contributed by atoms with Crippen molar-refractivity contribution < 1.29 is 18.8 Å². The number of carbonyl (C=O) groups is 3. The van der Waals surface area contributed by atoms with Gasteiger partial charge in [0, 0.05) is 30.9 Å². The van der Waals surface area contributed by atoms with Crippen LogP contribution in [0.15, 0.2) is 24.4 Å². The van der Waals surface area contributed by atoms with Crippen molar-refractivity contribution in [1.29, 1.82) is 0 Å². The van der Waals surface area contributed by atoms with Crippen LogP contribution in [0.2, 0.25) is 0 Å². The number of aromatic nitrogens is 1. The fourth-order valence-corrected chi connectivity index (χ4v) is 2.66. The molecule has 2 heterocycles. The van der Waals surface area contributed by atoms with Crippen LogP contribution in [0.3, 0.4) is 0 Å². The zero-order valence-corrected chi connectivity index (χ0v) is 13.3. The first-order valence-corrected chi connectivity index (χ1v) is 7.46. The molecule has 7 heteroatoms. The summed E-state index contributed by atoms with van der Waals surface area (Å²) in [6.07, 6.45) is 2.32. The monoisotopic (exact) mass is 329 g/mol. The fourth-order valence-electron chi connectivity index (χ4n) is 2.66. The number of rotatable bonds is 3. The summed E-state index contributed by atoms with van der Waals surface area (Å²) in [7, 11) is 1.63. The predicted molar refractivity (Wildman–Crippen MR) is 86.7 cm³/mol. The molecule has 1 aromatic heterocycles. The molecule has 2 N–H and O–H groups in total. The van der Waals surface area contributed by atoms with Gasteiger partial charge in [-0.25, -0.2) is 4.39 Å². The number of anilines is 2. The smallest absolute Gasteiger partial charge is 0.272 e. The second kappa shape index (κ2) is 5.92. The molecule has 0 saturated heterocycles. The third-order valence-corrected chi connectivity index (χ3v) is 3.98. The Labute approximate surface area is 137 Å².